The minimum absolute atomic E-state index is 0.138. The lowest BCUT2D eigenvalue weighted by Gasteiger charge is -2.30. The van der Waals surface area contributed by atoms with Crippen molar-refractivity contribution in [1.82, 2.24) is 30.0 Å². The molecule has 2 amide bonds. The smallest absolute Gasteiger partial charge is 0.407 e. The van der Waals surface area contributed by atoms with Crippen molar-refractivity contribution in [1.29, 1.82) is 0 Å². The summed E-state index contributed by atoms with van der Waals surface area (Å²) in [7, 11) is 0. The van der Waals surface area contributed by atoms with Crippen molar-refractivity contribution in [2.75, 3.05) is 6.54 Å². The third-order valence-corrected chi connectivity index (χ3v) is 8.51. The Balaban J connectivity index is 1.24. The average molecular weight is 655 g/mol. The second kappa shape index (κ2) is 15.2. The summed E-state index contributed by atoms with van der Waals surface area (Å²) in [5.74, 6) is 0.637. The fourth-order valence-corrected chi connectivity index (χ4v) is 6.33. The van der Waals surface area contributed by atoms with Crippen LogP contribution in [0.3, 0.4) is 0 Å². The van der Waals surface area contributed by atoms with E-state index >= 15 is 0 Å². The van der Waals surface area contributed by atoms with E-state index in [9.17, 15) is 9.59 Å². The van der Waals surface area contributed by atoms with Crippen LogP contribution < -0.4 is 10.6 Å². The summed E-state index contributed by atoms with van der Waals surface area (Å²) in [5, 5.41) is 5.95. The number of fused-ring (bicyclic) bond motifs is 1. The Morgan fingerprint density at radius 2 is 1.60 bits per heavy atom. The predicted octanol–water partition coefficient (Wildman–Crippen LogP) is 7.66. The topological polar surface area (TPSA) is 120 Å². The Hall–Kier alpha value is -4.47. The van der Waals surface area contributed by atoms with Crippen molar-refractivity contribution in [2.45, 2.75) is 110 Å². The number of nitrogens with one attached hydrogen (secondary N) is 2. The van der Waals surface area contributed by atoms with Gasteiger partial charge in [-0.25, -0.2) is 14.6 Å². The summed E-state index contributed by atoms with van der Waals surface area (Å²) in [6.45, 7) is 11.7. The first-order valence-electron chi connectivity index (χ1n) is 17.1. The molecule has 5 rings (SSSR count). The quantitative estimate of drug-likeness (QED) is 0.180. The fraction of sp³-hybridized carbons (Fsp3) is 0.500. The number of carbonyl (C=O) groups excluding carboxylic acids is 2. The van der Waals surface area contributed by atoms with Crippen LogP contribution in [0.25, 0.3) is 17.0 Å². The number of hydrogen-bond acceptors (Lipinski definition) is 7. The second-order valence-electron chi connectivity index (χ2n) is 14.8. The van der Waals surface area contributed by atoms with Gasteiger partial charge in [-0.1, -0.05) is 36.4 Å². The lowest BCUT2D eigenvalue weighted by molar-refractivity contribution is 0.0484. The van der Waals surface area contributed by atoms with Crippen LogP contribution >= 0.6 is 0 Å². The molecule has 1 aromatic carbocycles. The summed E-state index contributed by atoms with van der Waals surface area (Å²) >= 11 is 0. The van der Waals surface area contributed by atoms with Crippen LogP contribution in [0.5, 0.6) is 0 Å². The number of imidazole rings is 1. The van der Waals surface area contributed by atoms with Gasteiger partial charge in [0.15, 0.2) is 5.65 Å². The maximum atomic E-state index is 12.3. The van der Waals surface area contributed by atoms with E-state index in [2.05, 4.69) is 33.2 Å². The molecule has 0 aliphatic heterocycles. The molecule has 0 radical (unpaired) electrons. The molecule has 10 nitrogen and oxygen atoms in total. The van der Waals surface area contributed by atoms with Crippen LogP contribution in [0.1, 0.15) is 96.5 Å². The lowest BCUT2D eigenvalue weighted by Crippen LogP contribution is -2.41. The summed E-state index contributed by atoms with van der Waals surface area (Å²) in [6, 6.07) is 16.6. The third kappa shape index (κ3) is 10.0. The zero-order valence-corrected chi connectivity index (χ0v) is 29.2. The van der Waals surface area contributed by atoms with E-state index < -0.39 is 17.3 Å². The molecule has 4 aromatic rings. The predicted molar refractivity (Wildman–Crippen MR) is 187 cm³/mol. The van der Waals surface area contributed by atoms with Gasteiger partial charge in [-0.2, -0.15) is 0 Å². The maximum absolute atomic E-state index is 12.3. The van der Waals surface area contributed by atoms with E-state index in [1.54, 1.807) is 0 Å². The van der Waals surface area contributed by atoms with Gasteiger partial charge in [-0.15, -0.1) is 0 Å². The molecule has 0 saturated heterocycles. The molecule has 3 aromatic heterocycles. The van der Waals surface area contributed by atoms with Gasteiger partial charge < -0.3 is 20.1 Å². The molecule has 1 fully saturated rings. The number of hydrogen-bond donors (Lipinski definition) is 2. The first-order valence-corrected chi connectivity index (χ1v) is 17.1. The Bertz CT molecular complexity index is 1670. The van der Waals surface area contributed by atoms with Crippen molar-refractivity contribution in [3.63, 3.8) is 0 Å². The van der Waals surface area contributed by atoms with Crippen molar-refractivity contribution in [3.05, 3.63) is 84.1 Å². The summed E-state index contributed by atoms with van der Waals surface area (Å²) < 4.78 is 12.9. The highest BCUT2D eigenvalue weighted by atomic mass is 16.6. The van der Waals surface area contributed by atoms with Gasteiger partial charge in [-0.05, 0) is 116 Å². The minimum Gasteiger partial charge on any atom is -0.444 e. The van der Waals surface area contributed by atoms with Crippen LogP contribution in [-0.2, 0) is 22.3 Å². The van der Waals surface area contributed by atoms with Gasteiger partial charge in [0.2, 0.25) is 0 Å². The van der Waals surface area contributed by atoms with Gasteiger partial charge in [0.05, 0.1) is 23.3 Å². The first kappa shape index (κ1) is 34.9. The van der Waals surface area contributed by atoms with Crippen LogP contribution in [0.2, 0.25) is 0 Å². The molecular formula is C38H50N6O4. The molecule has 48 heavy (non-hydrogen) atoms. The maximum Gasteiger partial charge on any atom is 0.407 e. The molecule has 1 aliphatic rings. The van der Waals surface area contributed by atoms with E-state index in [0.29, 0.717) is 12.5 Å². The van der Waals surface area contributed by atoms with Crippen molar-refractivity contribution in [2.24, 2.45) is 5.92 Å². The van der Waals surface area contributed by atoms with Crippen LogP contribution in [0.15, 0.2) is 67.1 Å². The van der Waals surface area contributed by atoms with E-state index in [1.807, 2.05) is 90.5 Å². The van der Waals surface area contributed by atoms with Crippen molar-refractivity contribution < 1.29 is 19.1 Å². The van der Waals surface area contributed by atoms with E-state index in [4.69, 9.17) is 24.4 Å². The Kier molecular flexibility index (Phi) is 11.0. The normalized spacial score (nSPS) is 17.5. The van der Waals surface area contributed by atoms with Gasteiger partial charge in [0, 0.05) is 30.7 Å². The minimum atomic E-state index is -0.538. The molecule has 256 valence electrons. The molecule has 10 heteroatoms. The lowest BCUT2D eigenvalue weighted by atomic mass is 9.83. The third-order valence-electron chi connectivity index (χ3n) is 8.51. The fourth-order valence-electron chi connectivity index (χ4n) is 6.33. The Labute approximate surface area is 284 Å². The van der Waals surface area contributed by atoms with E-state index in [1.165, 1.54) is 5.56 Å². The number of nitrogens with zero attached hydrogens (tertiary/aromatic N) is 4. The van der Waals surface area contributed by atoms with Crippen molar-refractivity contribution >= 4 is 17.8 Å². The van der Waals surface area contributed by atoms with Gasteiger partial charge in [-0.3, -0.25) is 14.4 Å². The molecule has 1 saturated carbocycles. The number of alkyl carbamates (subject to hydrolysis) is 2. The molecule has 1 unspecified atom stereocenters. The highest BCUT2D eigenvalue weighted by Gasteiger charge is 2.26. The van der Waals surface area contributed by atoms with E-state index in [0.717, 1.165) is 73.4 Å². The number of amides is 2. The summed E-state index contributed by atoms with van der Waals surface area (Å²) in [6.07, 6.45) is 11.1. The first-order chi connectivity index (χ1) is 22.8. The van der Waals surface area contributed by atoms with Gasteiger partial charge in [0.1, 0.15) is 11.2 Å². The zero-order valence-electron chi connectivity index (χ0n) is 29.2. The monoisotopic (exact) mass is 654 g/mol. The molecular weight excluding hydrogens is 604 g/mol. The number of pyridine rings is 1. The standard InChI is InChI=1S/C38H50N6O4/c1-37(2,3)47-35(45)40-20-19-28(27-11-8-7-9-12-27)24-30-13-10-14-31(42-30)33-25-41-34-32(39-21-22-44(33)34)23-26-15-17-29(18-16-26)43-36(46)48-38(4,5)6/h7-14,21-22,25-26,28-29H,15-20,23-24H2,1-6H3,(H,40,45)(H,43,46). The van der Waals surface area contributed by atoms with Crippen LogP contribution in [-0.4, -0.2) is 55.3 Å². The van der Waals surface area contributed by atoms with Crippen molar-refractivity contribution in [3.8, 4) is 11.4 Å². The molecule has 1 atom stereocenters. The molecule has 1 aliphatic carbocycles. The van der Waals surface area contributed by atoms with Gasteiger partial charge >= 0.3 is 12.2 Å². The number of carbonyl (C=O) groups is 2. The van der Waals surface area contributed by atoms with Gasteiger partial charge in [0.25, 0.3) is 0 Å². The average Bonchev–Trinajstić information content (AvgIpc) is 3.46. The largest absolute Gasteiger partial charge is 0.444 e. The molecule has 3 heterocycles. The number of benzene rings is 1. The molecule has 0 bridgehead atoms. The zero-order chi connectivity index (χ0) is 34.3. The number of rotatable bonds is 10. The second-order valence-corrected chi connectivity index (χ2v) is 14.8. The summed E-state index contributed by atoms with van der Waals surface area (Å²) in [4.78, 5) is 39.1. The SMILES string of the molecule is CC(C)(C)OC(=O)NCCC(Cc1cccc(-c2cnc3c(CC4CCC(NC(=O)OC(C)(C)C)CC4)nccn23)n1)c1ccccc1. The Morgan fingerprint density at radius 1 is 0.896 bits per heavy atom. The summed E-state index contributed by atoms with van der Waals surface area (Å²) in [5.41, 5.74) is 4.74. The highest BCUT2D eigenvalue weighted by molar-refractivity contribution is 5.68. The molecule has 0 spiro atoms. The van der Waals surface area contributed by atoms with Crippen LogP contribution in [0.4, 0.5) is 9.59 Å². The number of aromatic nitrogens is 4. The Morgan fingerprint density at radius 3 is 2.31 bits per heavy atom. The molecule has 2 N–H and O–H groups in total. The van der Waals surface area contributed by atoms with Crippen LogP contribution in [0, 0.1) is 5.92 Å². The number of ether oxygens (including phenoxy) is 2. The van der Waals surface area contributed by atoms with E-state index in [-0.39, 0.29) is 18.1 Å². The highest BCUT2D eigenvalue weighted by Crippen LogP contribution is 2.30.